The number of amides is 9. The van der Waals surface area contributed by atoms with Crippen LogP contribution in [0.1, 0.15) is 97.9 Å². The number of phenols is 1. The van der Waals surface area contributed by atoms with Crippen LogP contribution in [-0.2, 0) is 54.4 Å². The number of fused-ring (bicyclic) bond motifs is 3. The van der Waals surface area contributed by atoms with E-state index in [1.165, 1.54) is 12.1 Å². The molecule has 15 N–H and O–H groups in total. The first-order chi connectivity index (χ1) is 53.7. The molecule has 1 saturated heterocycles. The predicted octanol–water partition coefficient (Wildman–Crippen LogP) is 2.31. The largest absolute Gasteiger partial charge is 0.508 e. The van der Waals surface area contributed by atoms with Gasteiger partial charge in [0, 0.05) is 117 Å². The highest BCUT2D eigenvalue weighted by molar-refractivity contribution is 5.95. The molecule has 1 fully saturated rings. The van der Waals surface area contributed by atoms with Crippen molar-refractivity contribution < 1.29 is 82.6 Å². The second kappa shape index (κ2) is 45.3. The van der Waals surface area contributed by atoms with Gasteiger partial charge in [-0.2, -0.15) is 0 Å². The topological polar surface area (TPSA) is 447 Å². The Balaban J connectivity index is 0.946. The Bertz CT molecular complexity index is 3830. The van der Waals surface area contributed by atoms with Crippen molar-refractivity contribution in [1.29, 1.82) is 4.29 Å². The number of carbonyl (C=O) groups is 11. The smallest absolute Gasteiger partial charge is 0.407 e. The lowest BCUT2D eigenvalue weighted by Gasteiger charge is -2.32. The highest BCUT2D eigenvalue weighted by atomic mass is 16.5. The van der Waals surface area contributed by atoms with Crippen LogP contribution >= 0.6 is 0 Å². The standard InChI is InChI=1S/C76H101N15O17/c1-2-64(93)79-34-35-82-75(105)87-74(77)81-31-13-24-63(72(103)84-46-52-25-27-55(92)28-26-52)86-73(104)70(53-15-4-3-5-16-53)54-17-12-18-56(45-54)107-44-11-10-30-80-71(102)62(23-14-32-83-76(106)108-51-61-59-21-8-6-19-57(59)58-20-7-9-22-60(58)61)85-65(94)29-33-78-66(95)47-88-36-38-89(48-67(96)97)40-42-91(50-69(100)101)43-41-90(39-37-88)49-68(98)99/h3-9,12,15-22,25-28,45,61-63,70,92H,2,10-11,13-14,23-24,29-44,46-51H2,1H3,(H,78,95)(H,79,93)(H,80,102)(H,83,106)(H,84,103)(H,85,94)(H,86,104)(H,96,97)(H,98,99)(H,100,101)(H4,77,81,82,87,105)/t62-,63-,70?/m1/s1/i/hD3. The van der Waals surface area contributed by atoms with Gasteiger partial charge >= 0.3 is 30.0 Å². The molecule has 5 aromatic rings. The summed E-state index contributed by atoms with van der Waals surface area (Å²) in [4.78, 5) is 155. The number of benzene rings is 5. The summed E-state index contributed by atoms with van der Waals surface area (Å²) in [5, 5.41) is 47.0. The van der Waals surface area contributed by atoms with E-state index in [9.17, 15) is 57.8 Å². The van der Waals surface area contributed by atoms with Crippen molar-refractivity contribution >= 4 is 71.4 Å². The number of rotatable bonds is 40. The second-order valence-electron chi connectivity index (χ2n) is 26.0. The molecule has 1 unspecified atom stereocenters. The van der Waals surface area contributed by atoms with Crippen LogP contribution in [0.2, 0.25) is 0 Å². The molecule has 1 aliphatic heterocycles. The highest BCUT2D eigenvalue weighted by Gasteiger charge is 2.32. The minimum Gasteiger partial charge on any atom is -0.508 e. The molecule has 1 aliphatic carbocycles. The molecule has 9 amide bonds. The molecule has 0 spiro atoms. The Morgan fingerprint density at radius 1 is 0.537 bits per heavy atom. The van der Waals surface area contributed by atoms with Crippen LogP contribution in [0.15, 0.2) is 132 Å². The van der Waals surface area contributed by atoms with Crippen LogP contribution in [-0.4, -0.2) is 255 Å². The molecule has 0 radical (unpaired) electrons. The number of carboxylic acids is 3. The van der Waals surface area contributed by atoms with Crippen molar-refractivity contribution in [1.82, 2.24) is 67.5 Å². The van der Waals surface area contributed by atoms with Gasteiger partial charge in [-0.05, 0) is 102 Å². The summed E-state index contributed by atoms with van der Waals surface area (Å²) in [5.74, 6) is -5.97. The normalized spacial score (nSPS) is 14.9. The lowest BCUT2D eigenvalue weighted by molar-refractivity contribution is -0.140. The Labute approximate surface area is 631 Å². The zero-order chi connectivity index (χ0) is 79.7. The fourth-order valence-corrected chi connectivity index (χ4v) is 12.3. The number of alkyl carbamates (subject to hydrolysis) is 1. The van der Waals surface area contributed by atoms with Crippen molar-refractivity contribution in [2.75, 3.05) is 131 Å². The minimum atomic E-state index is -1.07. The number of nitrogens with zero attached hydrogens (tertiary/aromatic N) is 5. The van der Waals surface area contributed by atoms with Gasteiger partial charge < -0.3 is 78.2 Å². The van der Waals surface area contributed by atoms with E-state index in [0.717, 1.165) is 22.3 Å². The summed E-state index contributed by atoms with van der Waals surface area (Å²) in [7, 11) is 0. The van der Waals surface area contributed by atoms with Gasteiger partial charge in [-0.25, -0.2) is 9.59 Å². The van der Waals surface area contributed by atoms with Crippen LogP contribution in [0.3, 0.4) is 0 Å². The van der Waals surface area contributed by atoms with Gasteiger partial charge in [-0.3, -0.25) is 73.1 Å². The molecule has 1 heterocycles. The minimum absolute atomic E-state index is 0.0534. The van der Waals surface area contributed by atoms with Crippen molar-refractivity contribution in [3.05, 3.63) is 155 Å². The summed E-state index contributed by atoms with van der Waals surface area (Å²) in [6, 6.07) is 35.4. The van der Waals surface area contributed by atoms with Gasteiger partial charge in [0.15, 0.2) is 5.96 Å². The van der Waals surface area contributed by atoms with Crippen molar-refractivity contribution in [3.63, 3.8) is 0 Å². The van der Waals surface area contributed by atoms with E-state index in [0.29, 0.717) is 41.7 Å². The second-order valence-corrected chi connectivity index (χ2v) is 26.0. The maximum atomic E-state index is 14.7. The first-order valence-corrected chi connectivity index (χ1v) is 36.3. The van der Waals surface area contributed by atoms with Gasteiger partial charge in [0.05, 0.1) is 38.7 Å². The third-order valence-corrected chi connectivity index (χ3v) is 18.0. The van der Waals surface area contributed by atoms with Gasteiger partial charge in [0.2, 0.25) is 35.4 Å². The maximum absolute atomic E-state index is 14.7. The average Bonchev–Trinajstić information content (AvgIpc) is 1.62. The summed E-state index contributed by atoms with van der Waals surface area (Å²) in [6.45, 7) is 3.22. The summed E-state index contributed by atoms with van der Waals surface area (Å²) >= 11 is 0. The molecule has 5 aromatic carbocycles. The number of nitrogens with two attached hydrogens (primary N) is 1. The number of aliphatic carboxylic acids is 3. The number of urea groups is 1. The molecule has 3 atom stereocenters. The molecule has 0 bridgehead atoms. The summed E-state index contributed by atoms with van der Waals surface area (Å²) in [5.41, 5.74) is 12.1. The van der Waals surface area contributed by atoms with E-state index in [4.69, 9.17) is 19.5 Å². The number of phenolic OH excluding ortho intramolecular Hbond substituents is 1. The molecular weight excluding hydrogens is 1390 g/mol. The monoisotopic (exact) mass is 1500 g/mol. The van der Waals surface area contributed by atoms with E-state index in [1.807, 2.05) is 54.6 Å². The molecule has 0 aromatic heterocycles. The molecule has 32 heteroatoms. The number of hydrogen-bond donors (Lipinski definition) is 14. The highest BCUT2D eigenvalue weighted by Crippen LogP contribution is 2.44. The molecule has 582 valence electrons. The van der Waals surface area contributed by atoms with Gasteiger partial charge in [0.25, 0.3) is 4.29 Å². The van der Waals surface area contributed by atoms with Gasteiger partial charge in [0.1, 0.15) is 30.2 Å². The van der Waals surface area contributed by atoms with Crippen molar-refractivity contribution in [3.8, 4) is 22.6 Å². The van der Waals surface area contributed by atoms with E-state index >= 15 is 0 Å². The predicted molar refractivity (Wildman–Crippen MR) is 400 cm³/mol. The summed E-state index contributed by atoms with van der Waals surface area (Å²) in [6.07, 6.45) is 1.01. The zero-order valence-corrected chi connectivity index (χ0v) is 60.7. The zero-order valence-electron chi connectivity index (χ0n) is 63.7. The molecular formula is C76H101N15O17. The molecule has 108 heavy (non-hydrogen) atoms. The van der Waals surface area contributed by atoms with Crippen LogP contribution in [0.4, 0.5) is 9.59 Å². The maximum Gasteiger partial charge on any atom is 0.407 e. The molecule has 32 nitrogen and oxygen atoms in total. The lowest BCUT2D eigenvalue weighted by Crippen LogP contribution is -2.50. The van der Waals surface area contributed by atoms with Crippen LogP contribution in [0, 0.1) is 0 Å². The number of carbonyl (C=O) groups excluding carboxylic acids is 8. The molecule has 7 rings (SSSR count). The first-order valence-electron chi connectivity index (χ1n) is 37.5. The summed E-state index contributed by atoms with van der Waals surface area (Å²) < 4.78 is 33.2. The fourth-order valence-electron chi connectivity index (χ4n) is 12.3. The van der Waals surface area contributed by atoms with Crippen LogP contribution in [0.5, 0.6) is 11.5 Å². The Morgan fingerprint density at radius 3 is 1.70 bits per heavy atom. The quantitative estimate of drug-likeness (QED) is 0.0152. The average molecular weight is 1500 g/mol. The Kier molecular flexibility index (Phi) is 33.3. The van der Waals surface area contributed by atoms with E-state index in [2.05, 4.69) is 68.2 Å². The molecule has 2 aliphatic rings. The first kappa shape index (κ1) is 79.3. The number of unbranched alkanes of at least 4 members (excludes halogenated alkanes) is 1. The third-order valence-electron chi connectivity index (χ3n) is 18.0. The number of aromatic hydroxyl groups is 1. The third kappa shape index (κ3) is 30.0. The van der Waals surface area contributed by atoms with E-state index < -0.39 is 77.6 Å². The fraction of sp³-hybridized carbons (Fsp3) is 0.447. The molecule has 0 saturated carbocycles. The number of ether oxygens (including phenoxy) is 2. The number of guanidine groups is 1. The Morgan fingerprint density at radius 2 is 1.08 bits per heavy atom. The van der Waals surface area contributed by atoms with Crippen molar-refractivity contribution in [2.24, 2.45) is 10.7 Å². The van der Waals surface area contributed by atoms with Crippen molar-refractivity contribution in [2.45, 2.75) is 88.8 Å². The SMILES string of the molecule is [2H]OC(=O)CN1CCN(CC(=O)NCCC(=O)N[C@H](CCCNC(=O)OCC2c3ccccc3-c3ccccc32)C(=O)NCCCCOc2cccc(C(C(=O)N[C@H](CCCN=C(N)NC(=O)NCCNC(=O)CC)C(=O)NCc3ccc(O)cc3)c3ccccc3)c2)CCN(CC(=O)O[2H])CCN(CC(=O)O[2H])CC1. The number of hydrogen-bond acceptors (Lipinski definition) is 22. The van der Waals surface area contributed by atoms with E-state index in [-0.39, 0.29) is 193 Å². The Hall–Kier alpha value is -11.2. The number of aliphatic imine (C=N–C) groups is 1. The van der Waals surface area contributed by atoms with Crippen LogP contribution in [0.25, 0.3) is 15.4 Å². The number of nitrogens with one attached hydrogen (secondary N) is 9. The van der Waals surface area contributed by atoms with Gasteiger partial charge in [-0.15, -0.1) is 0 Å². The lowest BCUT2D eigenvalue weighted by atomic mass is 9.90. The number of carboxylic acid groups (broad SMARTS) is 3. The van der Waals surface area contributed by atoms with E-state index in [1.54, 1.807) is 87.2 Å². The van der Waals surface area contributed by atoms with Crippen LogP contribution < -0.4 is 58.3 Å². The van der Waals surface area contributed by atoms with Gasteiger partial charge in [-0.1, -0.05) is 110 Å².